The highest BCUT2D eigenvalue weighted by atomic mass is 35.5. The van der Waals surface area contributed by atoms with E-state index in [0.717, 1.165) is 5.56 Å². The first-order chi connectivity index (χ1) is 14.7. The molecule has 0 saturated heterocycles. The van der Waals surface area contributed by atoms with Crippen LogP contribution in [-0.2, 0) is 11.3 Å². The SMILES string of the molecule is CCOC(=O)n1nc(OCc2ccccc2Cl)c2c(Oc3ccccc3)cccc21. The van der Waals surface area contributed by atoms with Gasteiger partial charge in [-0.25, -0.2) is 4.79 Å². The molecule has 30 heavy (non-hydrogen) atoms. The van der Waals surface area contributed by atoms with E-state index < -0.39 is 6.09 Å². The van der Waals surface area contributed by atoms with Crippen LogP contribution < -0.4 is 9.47 Å². The van der Waals surface area contributed by atoms with Gasteiger partial charge in [0.25, 0.3) is 0 Å². The maximum absolute atomic E-state index is 12.4. The molecule has 1 aromatic heterocycles. The summed E-state index contributed by atoms with van der Waals surface area (Å²) < 4.78 is 18.3. The molecule has 0 aliphatic heterocycles. The van der Waals surface area contributed by atoms with Gasteiger partial charge in [0, 0.05) is 10.6 Å². The standard InChI is InChI=1S/C23H19ClN2O4/c1-2-28-23(27)26-19-13-8-14-20(30-17-10-4-3-5-11-17)21(19)22(25-26)29-15-16-9-6-7-12-18(16)24/h3-14H,2,15H2,1H3. The molecule has 0 unspecified atom stereocenters. The van der Waals surface area contributed by atoms with E-state index in [0.29, 0.717) is 27.4 Å². The largest absolute Gasteiger partial charge is 0.471 e. The van der Waals surface area contributed by atoms with Crippen molar-refractivity contribution in [3.63, 3.8) is 0 Å². The molecule has 0 aliphatic rings. The molecule has 1 heterocycles. The average Bonchev–Trinajstić information content (AvgIpc) is 3.14. The zero-order chi connectivity index (χ0) is 20.9. The Morgan fingerprint density at radius 3 is 2.53 bits per heavy atom. The third-order valence-corrected chi connectivity index (χ3v) is 4.74. The van der Waals surface area contributed by atoms with Gasteiger partial charge >= 0.3 is 6.09 Å². The number of hydrogen-bond acceptors (Lipinski definition) is 5. The first kappa shape index (κ1) is 19.8. The Hall–Kier alpha value is -3.51. The third-order valence-electron chi connectivity index (χ3n) is 4.37. The Bertz CT molecular complexity index is 1170. The van der Waals surface area contributed by atoms with E-state index in [4.69, 9.17) is 25.8 Å². The second-order valence-electron chi connectivity index (χ2n) is 6.36. The van der Waals surface area contributed by atoms with Crippen molar-refractivity contribution in [2.75, 3.05) is 6.61 Å². The van der Waals surface area contributed by atoms with Crippen molar-refractivity contribution < 1.29 is 19.0 Å². The van der Waals surface area contributed by atoms with E-state index in [1.807, 2.05) is 48.5 Å². The summed E-state index contributed by atoms with van der Waals surface area (Å²) in [5.41, 5.74) is 1.33. The smallest absolute Gasteiger partial charge is 0.435 e. The minimum atomic E-state index is -0.591. The van der Waals surface area contributed by atoms with Crippen molar-refractivity contribution in [3.05, 3.63) is 83.4 Å². The van der Waals surface area contributed by atoms with E-state index >= 15 is 0 Å². The van der Waals surface area contributed by atoms with E-state index in [1.54, 1.807) is 31.2 Å². The third kappa shape index (κ3) is 4.09. The number of nitrogens with zero attached hydrogens (tertiary/aromatic N) is 2. The van der Waals surface area contributed by atoms with Crippen molar-refractivity contribution >= 4 is 28.6 Å². The van der Waals surface area contributed by atoms with E-state index in [1.165, 1.54) is 4.68 Å². The summed E-state index contributed by atoms with van der Waals surface area (Å²) in [6.07, 6.45) is -0.591. The van der Waals surface area contributed by atoms with Crippen LogP contribution in [0.3, 0.4) is 0 Å². The zero-order valence-corrected chi connectivity index (χ0v) is 17.0. The fraction of sp³-hybridized carbons (Fsp3) is 0.130. The number of ether oxygens (including phenoxy) is 3. The molecule has 0 saturated carbocycles. The van der Waals surface area contributed by atoms with Crippen LogP contribution in [0, 0.1) is 0 Å². The molecule has 0 bridgehead atoms. The number of para-hydroxylation sites is 1. The van der Waals surface area contributed by atoms with Gasteiger partial charge in [-0.05, 0) is 37.3 Å². The topological polar surface area (TPSA) is 62.6 Å². The summed E-state index contributed by atoms with van der Waals surface area (Å²) in [7, 11) is 0. The van der Waals surface area contributed by atoms with Crippen LogP contribution in [-0.4, -0.2) is 22.5 Å². The van der Waals surface area contributed by atoms with Gasteiger partial charge in [0.2, 0.25) is 5.88 Å². The molecular weight excluding hydrogens is 404 g/mol. The number of hydrogen-bond donors (Lipinski definition) is 0. The number of carbonyl (C=O) groups is 1. The van der Waals surface area contributed by atoms with Gasteiger partial charge in [0.15, 0.2) is 0 Å². The van der Waals surface area contributed by atoms with Crippen LogP contribution in [0.2, 0.25) is 5.02 Å². The van der Waals surface area contributed by atoms with Crippen LogP contribution in [0.25, 0.3) is 10.9 Å². The van der Waals surface area contributed by atoms with Crippen molar-refractivity contribution in [3.8, 4) is 17.4 Å². The van der Waals surface area contributed by atoms with Crippen LogP contribution in [0.5, 0.6) is 17.4 Å². The summed E-state index contributed by atoms with van der Waals surface area (Å²) >= 11 is 6.24. The van der Waals surface area contributed by atoms with Gasteiger partial charge in [-0.1, -0.05) is 54.1 Å². The molecule has 0 aliphatic carbocycles. The van der Waals surface area contributed by atoms with Gasteiger partial charge in [0.1, 0.15) is 23.5 Å². The summed E-state index contributed by atoms with van der Waals surface area (Å²) in [5, 5.41) is 5.51. The molecule has 6 nitrogen and oxygen atoms in total. The van der Waals surface area contributed by atoms with Crippen molar-refractivity contribution in [1.29, 1.82) is 0 Å². The predicted molar refractivity (Wildman–Crippen MR) is 114 cm³/mol. The van der Waals surface area contributed by atoms with Crippen LogP contribution >= 0.6 is 11.6 Å². The van der Waals surface area contributed by atoms with Gasteiger partial charge in [-0.2, -0.15) is 4.68 Å². The lowest BCUT2D eigenvalue weighted by Crippen LogP contribution is -2.14. The second-order valence-corrected chi connectivity index (χ2v) is 6.77. The van der Waals surface area contributed by atoms with Crippen molar-refractivity contribution in [2.24, 2.45) is 0 Å². The Morgan fingerprint density at radius 2 is 1.77 bits per heavy atom. The van der Waals surface area contributed by atoms with E-state index in [2.05, 4.69) is 5.10 Å². The minimum Gasteiger partial charge on any atom is -0.471 e. The maximum atomic E-state index is 12.4. The molecular formula is C23H19ClN2O4. The highest BCUT2D eigenvalue weighted by Crippen LogP contribution is 2.37. The molecule has 0 N–H and O–H groups in total. The molecule has 152 valence electrons. The molecule has 0 spiro atoms. The fourth-order valence-electron chi connectivity index (χ4n) is 2.99. The summed E-state index contributed by atoms with van der Waals surface area (Å²) in [4.78, 5) is 12.4. The minimum absolute atomic E-state index is 0.189. The zero-order valence-electron chi connectivity index (χ0n) is 16.2. The predicted octanol–water partition coefficient (Wildman–Crippen LogP) is 6.07. The van der Waals surface area contributed by atoms with Crippen molar-refractivity contribution in [2.45, 2.75) is 13.5 Å². The van der Waals surface area contributed by atoms with Crippen molar-refractivity contribution in [1.82, 2.24) is 9.78 Å². The first-order valence-electron chi connectivity index (χ1n) is 9.45. The number of benzene rings is 3. The monoisotopic (exact) mass is 422 g/mol. The summed E-state index contributed by atoms with van der Waals surface area (Å²) in [6.45, 7) is 2.16. The fourth-order valence-corrected chi connectivity index (χ4v) is 3.18. The van der Waals surface area contributed by atoms with Gasteiger partial charge in [-0.3, -0.25) is 0 Å². The lowest BCUT2D eigenvalue weighted by Gasteiger charge is -2.09. The Kier molecular flexibility index (Phi) is 5.86. The molecule has 0 amide bonds. The second kappa shape index (κ2) is 8.88. The number of aromatic nitrogens is 2. The van der Waals surface area contributed by atoms with Gasteiger partial charge < -0.3 is 14.2 Å². The lowest BCUT2D eigenvalue weighted by atomic mass is 10.2. The van der Waals surface area contributed by atoms with Gasteiger partial charge in [-0.15, -0.1) is 5.10 Å². The molecule has 4 rings (SSSR count). The number of rotatable bonds is 6. The molecule has 7 heteroatoms. The number of halogens is 1. The molecule has 0 fully saturated rings. The Morgan fingerprint density at radius 1 is 1.00 bits per heavy atom. The Labute approximate surface area is 178 Å². The number of fused-ring (bicyclic) bond motifs is 1. The summed E-state index contributed by atoms with van der Waals surface area (Å²) in [6, 6.07) is 22.1. The average molecular weight is 423 g/mol. The van der Waals surface area contributed by atoms with Crippen LogP contribution in [0.4, 0.5) is 4.79 Å². The summed E-state index contributed by atoms with van der Waals surface area (Å²) in [5.74, 6) is 1.43. The number of carbonyl (C=O) groups excluding carboxylic acids is 1. The lowest BCUT2D eigenvalue weighted by molar-refractivity contribution is 0.150. The van der Waals surface area contributed by atoms with E-state index in [9.17, 15) is 4.79 Å². The Balaban J connectivity index is 1.76. The highest BCUT2D eigenvalue weighted by Gasteiger charge is 2.21. The molecule has 3 aromatic carbocycles. The van der Waals surface area contributed by atoms with E-state index in [-0.39, 0.29) is 19.1 Å². The maximum Gasteiger partial charge on any atom is 0.435 e. The van der Waals surface area contributed by atoms with Gasteiger partial charge in [0.05, 0.1) is 12.1 Å². The highest BCUT2D eigenvalue weighted by molar-refractivity contribution is 6.31. The molecule has 0 radical (unpaired) electrons. The molecule has 0 atom stereocenters. The van der Waals surface area contributed by atoms with Crippen LogP contribution in [0.15, 0.2) is 72.8 Å². The normalized spacial score (nSPS) is 10.7. The first-order valence-corrected chi connectivity index (χ1v) is 9.83. The van der Waals surface area contributed by atoms with Crippen LogP contribution in [0.1, 0.15) is 12.5 Å². The quantitative estimate of drug-likeness (QED) is 0.377. The molecule has 4 aromatic rings.